The Bertz CT molecular complexity index is 532. The Morgan fingerprint density at radius 2 is 2.22 bits per heavy atom. The molecule has 2 rings (SSSR count). The molecule has 1 aromatic rings. The predicted octanol–water partition coefficient (Wildman–Crippen LogP) is 2.74. The molecule has 0 aromatic carbocycles. The molecule has 1 fully saturated rings. The van der Waals surface area contributed by atoms with E-state index in [0.29, 0.717) is 17.5 Å². The van der Waals surface area contributed by atoms with Crippen LogP contribution in [0, 0.1) is 5.92 Å². The lowest BCUT2D eigenvalue weighted by Crippen LogP contribution is -2.52. The van der Waals surface area contributed by atoms with E-state index in [-0.39, 0.29) is 11.8 Å². The Morgan fingerprint density at radius 1 is 1.52 bits per heavy atom. The number of hydrogen-bond acceptors (Lipinski definition) is 4. The first kappa shape index (κ1) is 18.0. The zero-order valence-electron chi connectivity index (χ0n) is 14.1. The van der Waals surface area contributed by atoms with Crippen molar-refractivity contribution in [2.75, 3.05) is 26.7 Å². The molecule has 0 saturated carbocycles. The fourth-order valence-electron chi connectivity index (χ4n) is 2.60. The number of ether oxygens (including phenoxy) is 1. The van der Waals surface area contributed by atoms with Gasteiger partial charge in [0.25, 0.3) is 0 Å². The molecular formula is C17H26ClN3O2. The van der Waals surface area contributed by atoms with Crippen LogP contribution in [0.3, 0.4) is 0 Å². The average molecular weight is 340 g/mol. The van der Waals surface area contributed by atoms with Crippen molar-refractivity contribution in [1.82, 2.24) is 15.2 Å². The maximum atomic E-state index is 12.5. The van der Waals surface area contributed by atoms with Gasteiger partial charge < -0.3 is 15.0 Å². The number of pyridine rings is 1. The summed E-state index contributed by atoms with van der Waals surface area (Å²) in [5.41, 5.74) is -0.429. The van der Waals surface area contributed by atoms with Crippen LogP contribution >= 0.6 is 11.6 Å². The van der Waals surface area contributed by atoms with Gasteiger partial charge in [-0.1, -0.05) is 18.5 Å². The van der Waals surface area contributed by atoms with Gasteiger partial charge in [-0.3, -0.25) is 4.79 Å². The third-order valence-corrected chi connectivity index (χ3v) is 4.83. The van der Waals surface area contributed by atoms with Gasteiger partial charge in [0.1, 0.15) is 11.6 Å². The average Bonchev–Trinajstić information content (AvgIpc) is 2.54. The van der Waals surface area contributed by atoms with Crippen LogP contribution in [-0.2, 0) is 4.79 Å². The van der Waals surface area contributed by atoms with Gasteiger partial charge in [0, 0.05) is 12.1 Å². The normalized spacial score (nSPS) is 19.1. The highest BCUT2D eigenvalue weighted by Crippen LogP contribution is 2.23. The number of aromatic nitrogens is 1. The summed E-state index contributed by atoms with van der Waals surface area (Å²) in [7, 11) is 2.09. The minimum Gasteiger partial charge on any atom is -0.474 e. The largest absolute Gasteiger partial charge is 0.474 e. The number of likely N-dealkylation sites (tertiary alicyclic amines) is 1. The molecule has 1 N–H and O–H groups in total. The van der Waals surface area contributed by atoms with Gasteiger partial charge in [-0.25, -0.2) is 4.98 Å². The second-order valence-electron chi connectivity index (χ2n) is 6.56. The van der Waals surface area contributed by atoms with E-state index in [1.54, 1.807) is 18.3 Å². The molecule has 1 aliphatic heterocycles. The standard InChI is InChI=1S/C17H26ClN3O2/c1-4-17(2,12-23-16-14(18)6-5-9-19-16)20-15(22)13-7-10-21(3)11-8-13/h5-6,9,13H,4,7-8,10-12H2,1-3H3,(H,20,22)/t17-/m1/s1. The first-order chi connectivity index (χ1) is 10.9. The number of carbonyl (C=O) groups excluding carboxylic acids is 1. The van der Waals surface area contributed by atoms with Gasteiger partial charge in [0.2, 0.25) is 11.8 Å². The Kier molecular flexibility index (Phi) is 6.25. The van der Waals surface area contributed by atoms with E-state index in [0.717, 1.165) is 32.4 Å². The van der Waals surface area contributed by atoms with E-state index in [4.69, 9.17) is 16.3 Å². The highest BCUT2D eigenvalue weighted by molar-refractivity contribution is 6.31. The van der Waals surface area contributed by atoms with Crippen LogP contribution in [0.5, 0.6) is 5.88 Å². The van der Waals surface area contributed by atoms with E-state index in [2.05, 4.69) is 22.2 Å². The fourth-order valence-corrected chi connectivity index (χ4v) is 2.78. The molecule has 1 saturated heterocycles. The topological polar surface area (TPSA) is 54.5 Å². The van der Waals surface area contributed by atoms with E-state index in [1.165, 1.54) is 0 Å². The third-order valence-electron chi connectivity index (χ3n) is 4.55. The molecule has 5 nitrogen and oxygen atoms in total. The summed E-state index contributed by atoms with van der Waals surface area (Å²) in [4.78, 5) is 18.9. The van der Waals surface area contributed by atoms with Crippen molar-refractivity contribution >= 4 is 17.5 Å². The lowest BCUT2D eigenvalue weighted by Gasteiger charge is -2.34. The minimum atomic E-state index is -0.429. The molecule has 1 atom stereocenters. The van der Waals surface area contributed by atoms with Gasteiger partial charge in [0.05, 0.1) is 5.54 Å². The third kappa shape index (κ3) is 5.08. The summed E-state index contributed by atoms with van der Waals surface area (Å²) >= 11 is 6.06. The summed E-state index contributed by atoms with van der Waals surface area (Å²) in [5, 5.41) is 3.64. The van der Waals surface area contributed by atoms with Crippen LogP contribution in [0.4, 0.5) is 0 Å². The van der Waals surface area contributed by atoms with Crippen molar-refractivity contribution < 1.29 is 9.53 Å². The highest BCUT2D eigenvalue weighted by Gasteiger charge is 2.31. The van der Waals surface area contributed by atoms with Gasteiger partial charge in [-0.15, -0.1) is 0 Å². The summed E-state index contributed by atoms with van der Waals surface area (Å²) in [6.07, 6.45) is 4.24. The maximum Gasteiger partial charge on any atom is 0.232 e. The lowest BCUT2D eigenvalue weighted by molar-refractivity contribution is -0.128. The molecule has 0 aliphatic carbocycles. The van der Waals surface area contributed by atoms with Crippen LogP contribution in [-0.4, -0.2) is 48.1 Å². The molecule has 1 aromatic heterocycles. The lowest BCUT2D eigenvalue weighted by atomic mass is 9.93. The summed E-state index contributed by atoms with van der Waals surface area (Å²) in [5.74, 6) is 0.621. The van der Waals surface area contributed by atoms with Crippen molar-refractivity contribution in [1.29, 1.82) is 0 Å². The number of rotatable bonds is 6. The number of amides is 1. The van der Waals surface area contributed by atoms with Crippen molar-refractivity contribution in [2.45, 2.75) is 38.6 Å². The smallest absolute Gasteiger partial charge is 0.232 e. The Hall–Kier alpha value is -1.33. The van der Waals surface area contributed by atoms with Crippen molar-refractivity contribution in [3.05, 3.63) is 23.4 Å². The number of nitrogens with zero attached hydrogens (tertiary/aromatic N) is 2. The molecule has 0 spiro atoms. The van der Waals surface area contributed by atoms with E-state index in [9.17, 15) is 4.79 Å². The Labute approximate surface area is 143 Å². The molecule has 2 heterocycles. The second kappa shape index (κ2) is 7.97. The molecule has 6 heteroatoms. The molecule has 23 heavy (non-hydrogen) atoms. The van der Waals surface area contributed by atoms with Gasteiger partial charge in [-0.2, -0.15) is 0 Å². The minimum absolute atomic E-state index is 0.0931. The number of halogens is 1. The van der Waals surface area contributed by atoms with Crippen molar-refractivity contribution in [3.63, 3.8) is 0 Å². The van der Waals surface area contributed by atoms with E-state index in [1.807, 2.05) is 13.8 Å². The van der Waals surface area contributed by atoms with E-state index >= 15 is 0 Å². The molecule has 0 bridgehead atoms. The van der Waals surface area contributed by atoms with Crippen molar-refractivity contribution in [3.8, 4) is 5.88 Å². The quantitative estimate of drug-likeness (QED) is 0.865. The number of hydrogen-bond donors (Lipinski definition) is 1. The Morgan fingerprint density at radius 3 is 2.83 bits per heavy atom. The first-order valence-electron chi connectivity index (χ1n) is 8.17. The SMILES string of the molecule is CC[C@](C)(COc1ncccc1Cl)NC(=O)C1CCN(C)CC1. The summed E-state index contributed by atoms with van der Waals surface area (Å²) in [6.45, 7) is 6.33. The van der Waals surface area contributed by atoms with Gasteiger partial charge in [-0.05, 0) is 58.5 Å². The molecule has 1 amide bonds. The van der Waals surface area contributed by atoms with Gasteiger partial charge in [0.15, 0.2) is 0 Å². The van der Waals surface area contributed by atoms with Crippen LogP contribution in [0.2, 0.25) is 5.02 Å². The molecule has 0 radical (unpaired) electrons. The number of nitrogens with one attached hydrogen (secondary N) is 1. The molecule has 0 unspecified atom stereocenters. The number of carbonyl (C=O) groups is 1. The van der Waals surface area contributed by atoms with Crippen LogP contribution in [0.15, 0.2) is 18.3 Å². The summed E-state index contributed by atoms with van der Waals surface area (Å²) in [6, 6.07) is 3.50. The monoisotopic (exact) mass is 339 g/mol. The predicted molar refractivity (Wildman–Crippen MR) is 91.8 cm³/mol. The Balaban J connectivity index is 1.92. The number of piperidine rings is 1. The second-order valence-corrected chi connectivity index (χ2v) is 6.97. The van der Waals surface area contributed by atoms with Crippen molar-refractivity contribution in [2.24, 2.45) is 5.92 Å². The zero-order valence-corrected chi connectivity index (χ0v) is 14.9. The van der Waals surface area contributed by atoms with Gasteiger partial charge >= 0.3 is 0 Å². The highest BCUT2D eigenvalue weighted by atomic mass is 35.5. The maximum absolute atomic E-state index is 12.5. The van der Waals surface area contributed by atoms with Crippen LogP contribution in [0.1, 0.15) is 33.1 Å². The van der Waals surface area contributed by atoms with E-state index < -0.39 is 5.54 Å². The molecule has 128 valence electrons. The molecule has 1 aliphatic rings. The fraction of sp³-hybridized carbons (Fsp3) is 0.647. The first-order valence-corrected chi connectivity index (χ1v) is 8.55. The summed E-state index contributed by atoms with van der Waals surface area (Å²) < 4.78 is 5.73. The molecular weight excluding hydrogens is 314 g/mol. The zero-order chi connectivity index (χ0) is 16.9. The van der Waals surface area contributed by atoms with Crippen LogP contribution in [0.25, 0.3) is 0 Å². The van der Waals surface area contributed by atoms with Crippen LogP contribution < -0.4 is 10.1 Å².